The maximum absolute atomic E-state index is 11.7. The summed E-state index contributed by atoms with van der Waals surface area (Å²) in [6.07, 6.45) is -0.745. The van der Waals surface area contributed by atoms with Crippen LogP contribution in [0.5, 0.6) is 0 Å². The van der Waals surface area contributed by atoms with Crippen molar-refractivity contribution in [2.24, 2.45) is 0 Å². The molecule has 5 heteroatoms. The Morgan fingerprint density at radius 3 is 2.74 bits per heavy atom. The van der Waals surface area contributed by atoms with Gasteiger partial charge in [0.05, 0.1) is 17.2 Å². The topological polar surface area (TPSA) is 52.6 Å². The van der Waals surface area contributed by atoms with E-state index in [4.69, 9.17) is 21.1 Å². The summed E-state index contributed by atoms with van der Waals surface area (Å²) in [5.41, 5.74) is 1.03. The van der Waals surface area contributed by atoms with E-state index < -0.39 is 18.0 Å². The molecule has 100 valence electrons. The van der Waals surface area contributed by atoms with Crippen molar-refractivity contribution in [3.63, 3.8) is 0 Å². The third kappa shape index (κ3) is 2.96. The lowest BCUT2D eigenvalue weighted by molar-refractivity contribution is -0.160. The van der Waals surface area contributed by atoms with E-state index in [0.717, 1.165) is 5.56 Å². The standard InChI is InChI=1S/C14H13ClO4/c1-2-18-14(17)11-8-10(13(16)19-11)12(15)9-6-4-3-5-7-9/h3-7,11H,2,8H2,1H3/b12-10-. The summed E-state index contributed by atoms with van der Waals surface area (Å²) >= 11 is 6.18. The zero-order chi connectivity index (χ0) is 13.8. The number of benzene rings is 1. The molecule has 1 aromatic carbocycles. The van der Waals surface area contributed by atoms with Gasteiger partial charge in [0.15, 0.2) is 0 Å². The average Bonchev–Trinajstić information content (AvgIpc) is 2.81. The molecule has 0 aliphatic carbocycles. The minimum Gasteiger partial charge on any atom is -0.463 e. The lowest BCUT2D eigenvalue weighted by Crippen LogP contribution is -2.22. The molecule has 0 amide bonds. The summed E-state index contributed by atoms with van der Waals surface area (Å²) in [5.74, 6) is -1.10. The third-order valence-electron chi connectivity index (χ3n) is 2.73. The number of ether oxygens (including phenoxy) is 2. The molecule has 0 saturated carbocycles. The third-order valence-corrected chi connectivity index (χ3v) is 3.17. The van der Waals surface area contributed by atoms with Crippen molar-refractivity contribution >= 4 is 28.6 Å². The summed E-state index contributed by atoms with van der Waals surface area (Å²) in [7, 11) is 0. The lowest BCUT2D eigenvalue weighted by Gasteiger charge is -2.06. The second-order valence-electron chi connectivity index (χ2n) is 4.01. The molecule has 0 aromatic heterocycles. The van der Waals surface area contributed by atoms with E-state index in [1.165, 1.54) is 0 Å². The number of carbonyl (C=O) groups is 2. The van der Waals surface area contributed by atoms with Crippen molar-refractivity contribution in [1.82, 2.24) is 0 Å². The number of carbonyl (C=O) groups excluding carboxylic acids is 2. The molecule has 1 unspecified atom stereocenters. The molecule has 1 saturated heterocycles. The highest BCUT2D eigenvalue weighted by atomic mass is 35.5. The molecule has 1 aliphatic heterocycles. The maximum Gasteiger partial charge on any atom is 0.347 e. The largest absolute Gasteiger partial charge is 0.463 e. The van der Waals surface area contributed by atoms with Gasteiger partial charge in [-0.05, 0) is 12.5 Å². The first-order valence-electron chi connectivity index (χ1n) is 5.95. The molecule has 0 spiro atoms. The lowest BCUT2D eigenvalue weighted by atomic mass is 10.1. The van der Waals surface area contributed by atoms with Gasteiger partial charge in [0.1, 0.15) is 0 Å². The fourth-order valence-electron chi connectivity index (χ4n) is 1.82. The predicted molar refractivity (Wildman–Crippen MR) is 70.3 cm³/mol. The molecule has 1 aromatic rings. The van der Waals surface area contributed by atoms with Crippen molar-refractivity contribution in [1.29, 1.82) is 0 Å². The molecule has 0 bridgehead atoms. The second-order valence-corrected chi connectivity index (χ2v) is 4.39. The first-order valence-corrected chi connectivity index (χ1v) is 6.33. The molecule has 1 heterocycles. The van der Waals surface area contributed by atoms with E-state index in [1.807, 2.05) is 18.2 Å². The van der Waals surface area contributed by atoms with Gasteiger partial charge >= 0.3 is 11.9 Å². The first kappa shape index (κ1) is 13.6. The van der Waals surface area contributed by atoms with E-state index in [-0.39, 0.29) is 13.0 Å². The van der Waals surface area contributed by atoms with Crippen LogP contribution in [0.1, 0.15) is 18.9 Å². The Morgan fingerprint density at radius 1 is 1.42 bits per heavy atom. The van der Waals surface area contributed by atoms with Gasteiger partial charge in [-0.1, -0.05) is 41.9 Å². The number of cyclic esters (lactones) is 1. The Labute approximate surface area is 116 Å². The second kappa shape index (κ2) is 5.89. The van der Waals surface area contributed by atoms with Crippen LogP contribution in [0, 0.1) is 0 Å². The number of halogens is 1. The van der Waals surface area contributed by atoms with Gasteiger partial charge in [-0.2, -0.15) is 0 Å². The highest BCUT2D eigenvalue weighted by Crippen LogP contribution is 2.31. The Bertz CT molecular complexity index is 522. The van der Waals surface area contributed by atoms with E-state index in [9.17, 15) is 9.59 Å². The van der Waals surface area contributed by atoms with Crippen LogP contribution >= 0.6 is 11.6 Å². The zero-order valence-electron chi connectivity index (χ0n) is 10.4. The van der Waals surface area contributed by atoms with Crippen molar-refractivity contribution in [2.45, 2.75) is 19.4 Å². The zero-order valence-corrected chi connectivity index (χ0v) is 11.1. The Morgan fingerprint density at radius 2 is 2.11 bits per heavy atom. The summed E-state index contributed by atoms with van der Waals surface area (Å²) in [6.45, 7) is 1.95. The molecule has 0 radical (unpaired) electrons. The molecular formula is C14H13ClO4. The van der Waals surface area contributed by atoms with E-state index in [1.54, 1.807) is 19.1 Å². The number of esters is 2. The fourth-order valence-corrected chi connectivity index (χ4v) is 2.10. The van der Waals surface area contributed by atoms with E-state index >= 15 is 0 Å². The Kier molecular flexibility index (Phi) is 4.22. The van der Waals surface area contributed by atoms with Crippen LogP contribution in [0.25, 0.3) is 5.03 Å². The van der Waals surface area contributed by atoms with Crippen LogP contribution in [-0.2, 0) is 19.1 Å². The van der Waals surface area contributed by atoms with E-state index in [2.05, 4.69) is 0 Å². The van der Waals surface area contributed by atoms with Gasteiger partial charge in [0, 0.05) is 6.42 Å². The molecule has 1 atom stereocenters. The quantitative estimate of drug-likeness (QED) is 0.631. The van der Waals surface area contributed by atoms with Crippen LogP contribution < -0.4 is 0 Å². The van der Waals surface area contributed by atoms with Crippen molar-refractivity contribution in [3.8, 4) is 0 Å². The first-order chi connectivity index (χ1) is 9.13. The van der Waals surface area contributed by atoms with Crippen LogP contribution in [-0.4, -0.2) is 24.6 Å². The minimum absolute atomic E-state index is 0.144. The SMILES string of the molecule is CCOC(=O)C1C/C(=C(/Cl)c2ccccc2)C(=O)O1. The summed E-state index contributed by atoms with van der Waals surface area (Å²) in [6, 6.07) is 9.08. The van der Waals surface area contributed by atoms with Gasteiger partial charge in [0.25, 0.3) is 0 Å². The minimum atomic E-state index is -0.889. The van der Waals surface area contributed by atoms with Crippen molar-refractivity contribution in [2.75, 3.05) is 6.61 Å². The molecule has 2 rings (SSSR count). The molecule has 4 nitrogen and oxygen atoms in total. The van der Waals surface area contributed by atoms with Gasteiger partial charge in [-0.3, -0.25) is 0 Å². The number of rotatable bonds is 3. The molecule has 1 aliphatic rings. The number of hydrogen-bond donors (Lipinski definition) is 0. The van der Waals surface area contributed by atoms with Crippen molar-refractivity contribution in [3.05, 3.63) is 41.5 Å². The molecule has 1 fully saturated rings. The summed E-state index contributed by atoms with van der Waals surface area (Å²) < 4.78 is 9.80. The smallest absolute Gasteiger partial charge is 0.347 e. The van der Waals surface area contributed by atoms with Crippen LogP contribution in [0.3, 0.4) is 0 Å². The Balaban J connectivity index is 2.22. The molecular weight excluding hydrogens is 268 g/mol. The van der Waals surface area contributed by atoms with Crippen molar-refractivity contribution < 1.29 is 19.1 Å². The normalized spacial score (nSPS) is 20.9. The maximum atomic E-state index is 11.7. The molecule has 19 heavy (non-hydrogen) atoms. The predicted octanol–water partition coefficient (Wildman–Crippen LogP) is 2.52. The van der Waals surface area contributed by atoms with Crippen LogP contribution in [0.2, 0.25) is 0 Å². The summed E-state index contributed by atoms with van der Waals surface area (Å²) in [5, 5.41) is 0.317. The van der Waals surface area contributed by atoms with Crippen LogP contribution in [0.15, 0.2) is 35.9 Å². The highest BCUT2D eigenvalue weighted by molar-refractivity contribution is 6.51. The van der Waals surface area contributed by atoms with E-state index in [0.29, 0.717) is 10.6 Å². The average molecular weight is 281 g/mol. The van der Waals surface area contributed by atoms with Gasteiger partial charge < -0.3 is 9.47 Å². The van der Waals surface area contributed by atoms with Crippen LogP contribution in [0.4, 0.5) is 0 Å². The van der Waals surface area contributed by atoms with Gasteiger partial charge in [-0.15, -0.1) is 0 Å². The highest BCUT2D eigenvalue weighted by Gasteiger charge is 2.37. The Hall–Kier alpha value is -1.81. The fraction of sp³-hybridized carbons (Fsp3) is 0.286. The van der Waals surface area contributed by atoms with Gasteiger partial charge in [-0.25, -0.2) is 9.59 Å². The monoisotopic (exact) mass is 280 g/mol. The summed E-state index contributed by atoms with van der Waals surface area (Å²) in [4.78, 5) is 23.3. The van der Waals surface area contributed by atoms with Gasteiger partial charge in [0.2, 0.25) is 6.10 Å². The molecule has 0 N–H and O–H groups in total. The number of hydrogen-bond acceptors (Lipinski definition) is 4.